The van der Waals surface area contributed by atoms with E-state index in [0.717, 1.165) is 18.7 Å². The maximum absolute atomic E-state index is 5.91. The second kappa shape index (κ2) is 5.76. The molecule has 1 aromatic carbocycles. The average molecular weight is 262 g/mol. The molecule has 0 saturated carbocycles. The number of hydrogen-bond acceptors (Lipinski definition) is 2. The molecule has 0 amide bonds. The van der Waals surface area contributed by atoms with E-state index in [0.29, 0.717) is 10.0 Å². The highest BCUT2D eigenvalue weighted by atomic mass is 35.5. The van der Waals surface area contributed by atoms with Crippen molar-refractivity contribution in [2.24, 2.45) is 0 Å². The summed E-state index contributed by atoms with van der Waals surface area (Å²) in [5.41, 5.74) is 0.866. The van der Waals surface area contributed by atoms with Gasteiger partial charge in [0.1, 0.15) is 0 Å². The molecule has 1 aromatic rings. The molecular formula is C12H17Cl2NO. The lowest BCUT2D eigenvalue weighted by Crippen LogP contribution is -2.25. The van der Waals surface area contributed by atoms with Gasteiger partial charge >= 0.3 is 0 Å². The van der Waals surface area contributed by atoms with Gasteiger partial charge in [-0.05, 0) is 38.5 Å². The number of methoxy groups -OCH3 is 1. The molecule has 0 aromatic heterocycles. The molecule has 16 heavy (non-hydrogen) atoms. The molecule has 0 unspecified atom stereocenters. The van der Waals surface area contributed by atoms with Crippen LogP contribution in [-0.2, 0) is 4.74 Å². The van der Waals surface area contributed by atoms with Gasteiger partial charge in [-0.2, -0.15) is 0 Å². The molecule has 1 N–H and O–H groups in total. The normalized spacial score (nSPS) is 11.6. The van der Waals surface area contributed by atoms with Gasteiger partial charge in [0.15, 0.2) is 0 Å². The van der Waals surface area contributed by atoms with Crippen molar-refractivity contribution in [2.75, 3.05) is 19.0 Å². The van der Waals surface area contributed by atoms with Crippen LogP contribution in [0.3, 0.4) is 0 Å². The monoisotopic (exact) mass is 261 g/mol. The van der Waals surface area contributed by atoms with E-state index in [1.165, 1.54) is 0 Å². The smallest absolute Gasteiger partial charge is 0.0639 e. The molecule has 0 radical (unpaired) electrons. The van der Waals surface area contributed by atoms with Gasteiger partial charge in [-0.3, -0.25) is 0 Å². The summed E-state index contributed by atoms with van der Waals surface area (Å²) >= 11 is 11.7. The Morgan fingerprint density at radius 2 is 1.94 bits per heavy atom. The largest absolute Gasteiger partial charge is 0.385 e. The zero-order valence-electron chi connectivity index (χ0n) is 9.81. The van der Waals surface area contributed by atoms with Crippen molar-refractivity contribution < 1.29 is 4.74 Å². The number of hydrogen-bond donors (Lipinski definition) is 1. The van der Waals surface area contributed by atoms with E-state index in [2.05, 4.69) is 19.2 Å². The molecule has 4 heteroatoms. The Morgan fingerprint density at radius 1 is 1.25 bits per heavy atom. The molecule has 0 saturated heterocycles. The highest BCUT2D eigenvalue weighted by Crippen LogP contribution is 2.25. The molecular weight excluding hydrogens is 245 g/mol. The molecule has 0 aliphatic rings. The maximum Gasteiger partial charge on any atom is 0.0639 e. The molecule has 90 valence electrons. The highest BCUT2D eigenvalue weighted by Gasteiger charge is 2.15. The number of anilines is 1. The van der Waals surface area contributed by atoms with Crippen LogP contribution in [0.25, 0.3) is 0 Å². The van der Waals surface area contributed by atoms with Crippen LogP contribution in [0.15, 0.2) is 18.2 Å². The summed E-state index contributed by atoms with van der Waals surface area (Å²) in [6.45, 7) is 4.95. The number of ether oxygens (including phenoxy) is 1. The Morgan fingerprint density at radius 3 is 2.50 bits per heavy atom. The van der Waals surface area contributed by atoms with Crippen molar-refractivity contribution in [1.29, 1.82) is 0 Å². The van der Waals surface area contributed by atoms with Crippen LogP contribution in [0, 0.1) is 0 Å². The van der Waals surface area contributed by atoms with E-state index in [9.17, 15) is 0 Å². The lowest BCUT2D eigenvalue weighted by molar-refractivity contribution is 0.0185. The first kappa shape index (κ1) is 13.6. The third-order valence-corrected chi connectivity index (χ3v) is 3.27. The zero-order valence-corrected chi connectivity index (χ0v) is 11.3. The van der Waals surface area contributed by atoms with Crippen molar-refractivity contribution in [3.63, 3.8) is 0 Å². The van der Waals surface area contributed by atoms with Gasteiger partial charge in [0, 0.05) is 19.3 Å². The zero-order chi connectivity index (χ0) is 12.2. The summed E-state index contributed by atoms with van der Waals surface area (Å²) in [5.74, 6) is 0. The van der Waals surface area contributed by atoms with Crippen LogP contribution in [-0.4, -0.2) is 19.3 Å². The molecule has 0 aliphatic heterocycles. The molecule has 2 nitrogen and oxygen atoms in total. The number of rotatable bonds is 5. The Hall–Kier alpha value is -0.440. The molecule has 0 bridgehead atoms. The lowest BCUT2D eigenvalue weighted by Gasteiger charge is -2.23. The van der Waals surface area contributed by atoms with Crippen molar-refractivity contribution in [2.45, 2.75) is 25.9 Å². The van der Waals surface area contributed by atoms with Crippen molar-refractivity contribution in [1.82, 2.24) is 0 Å². The molecule has 0 spiro atoms. The summed E-state index contributed by atoms with van der Waals surface area (Å²) < 4.78 is 5.33. The molecule has 0 heterocycles. The Kier molecular flexibility index (Phi) is 4.90. The summed E-state index contributed by atoms with van der Waals surface area (Å²) in [4.78, 5) is 0. The van der Waals surface area contributed by atoms with E-state index in [1.54, 1.807) is 13.2 Å². The Balaban J connectivity index is 2.46. The van der Waals surface area contributed by atoms with Gasteiger partial charge < -0.3 is 10.1 Å². The second-order valence-corrected chi connectivity index (χ2v) is 5.08. The molecule has 0 atom stereocenters. The van der Waals surface area contributed by atoms with E-state index in [1.807, 2.05) is 12.1 Å². The fourth-order valence-corrected chi connectivity index (χ4v) is 1.51. The summed E-state index contributed by atoms with van der Waals surface area (Å²) in [5, 5.41) is 4.42. The SMILES string of the molecule is COC(C)(C)CCNc1ccc(Cl)c(Cl)c1. The van der Waals surface area contributed by atoms with Crippen molar-refractivity contribution in [3.05, 3.63) is 28.2 Å². The van der Waals surface area contributed by atoms with Crippen LogP contribution >= 0.6 is 23.2 Å². The van der Waals surface area contributed by atoms with Gasteiger partial charge in [0.2, 0.25) is 0 Å². The van der Waals surface area contributed by atoms with Crippen molar-refractivity contribution >= 4 is 28.9 Å². The van der Waals surface area contributed by atoms with E-state index >= 15 is 0 Å². The summed E-state index contributed by atoms with van der Waals surface area (Å²) in [6, 6.07) is 5.52. The van der Waals surface area contributed by atoms with E-state index < -0.39 is 0 Å². The van der Waals surface area contributed by atoms with Crippen LogP contribution in [0.5, 0.6) is 0 Å². The molecule has 1 rings (SSSR count). The van der Waals surface area contributed by atoms with Crippen LogP contribution < -0.4 is 5.32 Å². The van der Waals surface area contributed by atoms with E-state index in [-0.39, 0.29) is 5.60 Å². The van der Waals surface area contributed by atoms with Crippen molar-refractivity contribution in [3.8, 4) is 0 Å². The van der Waals surface area contributed by atoms with Gasteiger partial charge in [-0.15, -0.1) is 0 Å². The fourth-order valence-electron chi connectivity index (χ4n) is 1.22. The van der Waals surface area contributed by atoms with Crippen LogP contribution in [0.4, 0.5) is 5.69 Å². The minimum Gasteiger partial charge on any atom is -0.385 e. The predicted octanol–water partition coefficient (Wildman–Crippen LogP) is 4.22. The maximum atomic E-state index is 5.91. The third-order valence-electron chi connectivity index (χ3n) is 2.53. The Bertz CT molecular complexity index is 353. The molecule has 0 fully saturated rings. The minimum absolute atomic E-state index is 0.108. The summed E-state index contributed by atoms with van der Waals surface area (Å²) in [7, 11) is 1.72. The average Bonchev–Trinajstić information content (AvgIpc) is 2.23. The Labute approximate surface area is 107 Å². The molecule has 0 aliphatic carbocycles. The quantitative estimate of drug-likeness (QED) is 0.857. The van der Waals surface area contributed by atoms with Gasteiger partial charge in [-0.1, -0.05) is 23.2 Å². The minimum atomic E-state index is -0.108. The first-order chi connectivity index (χ1) is 7.44. The standard InChI is InChI=1S/C12H17Cl2NO/c1-12(2,16-3)6-7-15-9-4-5-10(13)11(14)8-9/h4-5,8,15H,6-7H2,1-3H3. The first-order valence-corrected chi connectivity index (χ1v) is 5.94. The fraction of sp³-hybridized carbons (Fsp3) is 0.500. The topological polar surface area (TPSA) is 21.3 Å². The van der Waals surface area contributed by atoms with Crippen LogP contribution in [0.2, 0.25) is 10.0 Å². The lowest BCUT2D eigenvalue weighted by atomic mass is 10.1. The van der Waals surface area contributed by atoms with E-state index in [4.69, 9.17) is 27.9 Å². The number of halogens is 2. The third kappa shape index (κ3) is 4.20. The predicted molar refractivity (Wildman–Crippen MR) is 70.7 cm³/mol. The van der Waals surface area contributed by atoms with Gasteiger partial charge in [0.25, 0.3) is 0 Å². The van der Waals surface area contributed by atoms with Gasteiger partial charge in [-0.25, -0.2) is 0 Å². The second-order valence-electron chi connectivity index (χ2n) is 4.27. The number of nitrogens with one attached hydrogen (secondary N) is 1. The first-order valence-electron chi connectivity index (χ1n) is 5.19. The van der Waals surface area contributed by atoms with Gasteiger partial charge in [0.05, 0.1) is 15.6 Å². The number of benzene rings is 1. The highest BCUT2D eigenvalue weighted by molar-refractivity contribution is 6.42. The van der Waals surface area contributed by atoms with Crippen LogP contribution in [0.1, 0.15) is 20.3 Å². The summed E-state index contributed by atoms with van der Waals surface area (Å²) in [6.07, 6.45) is 0.920.